The zero-order chi connectivity index (χ0) is 22.6. The second kappa shape index (κ2) is 10.1. The van der Waals surface area contributed by atoms with Crippen molar-refractivity contribution < 1.29 is 22.7 Å². The lowest BCUT2D eigenvalue weighted by Gasteiger charge is -2.38. The Morgan fingerprint density at radius 3 is 2.09 bits per heavy atom. The van der Waals surface area contributed by atoms with Crippen LogP contribution in [0, 0.1) is 5.92 Å². The van der Waals surface area contributed by atoms with Crippen LogP contribution >= 0.6 is 0 Å². The minimum Gasteiger partial charge on any atom is -0.368 e. The average molecular weight is 462 g/mol. The Balaban J connectivity index is 1.25. The van der Waals surface area contributed by atoms with Gasteiger partial charge in [0.05, 0.1) is 0 Å². The van der Waals surface area contributed by atoms with Crippen LogP contribution in [0.1, 0.15) is 31.2 Å². The van der Waals surface area contributed by atoms with E-state index in [1.54, 1.807) is 11.0 Å². The molecule has 3 aliphatic rings. The fraction of sp³-hybridized carbons (Fsp3) is 0.565. The number of piperazine rings is 1. The molecular formula is C23H31N3O5S. The molecule has 32 heavy (non-hydrogen) atoms. The Bertz CT molecular complexity index is 928. The number of carbonyl (C=O) groups is 2. The van der Waals surface area contributed by atoms with Gasteiger partial charge in [-0.1, -0.05) is 30.3 Å². The molecule has 3 aliphatic heterocycles. The van der Waals surface area contributed by atoms with Crippen LogP contribution in [-0.2, 0) is 24.3 Å². The van der Waals surface area contributed by atoms with E-state index >= 15 is 0 Å². The van der Waals surface area contributed by atoms with Crippen molar-refractivity contribution in [1.82, 2.24) is 14.1 Å². The van der Waals surface area contributed by atoms with Gasteiger partial charge >= 0.3 is 0 Å². The molecule has 0 N–H and O–H groups in total. The molecule has 0 radical (unpaired) electrons. The lowest BCUT2D eigenvalue weighted by atomic mass is 9.96. The van der Waals surface area contributed by atoms with Gasteiger partial charge in [-0.15, -0.1) is 0 Å². The van der Waals surface area contributed by atoms with Crippen molar-refractivity contribution in [3.63, 3.8) is 0 Å². The summed E-state index contributed by atoms with van der Waals surface area (Å²) in [5.41, 5.74) is 0.832. The summed E-state index contributed by atoms with van der Waals surface area (Å²) in [6.07, 6.45) is 4.02. The Morgan fingerprint density at radius 2 is 1.50 bits per heavy atom. The van der Waals surface area contributed by atoms with Crippen molar-refractivity contribution in [1.29, 1.82) is 0 Å². The van der Waals surface area contributed by atoms with E-state index in [-0.39, 0.29) is 23.8 Å². The van der Waals surface area contributed by atoms with Crippen LogP contribution in [0.4, 0.5) is 0 Å². The summed E-state index contributed by atoms with van der Waals surface area (Å²) in [7, 11) is -3.51. The predicted molar refractivity (Wildman–Crippen MR) is 121 cm³/mol. The van der Waals surface area contributed by atoms with Gasteiger partial charge in [0.2, 0.25) is 15.9 Å². The summed E-state index contributed by atoms with van der Waals surface area (Å²) < 4.78 is 32.2. The molecule has 0 saturated carbocycles. The summed E-state index contributed by atoms with van der Waals surface area (Å²) in [6.45, 7) is 3.44. The van der Waals surface area contributed by atoms with Crippen LogP contribution in [0.5, 0.6) is 0 Å². The Kier molecular flexibility index (Phi) is 7.27. The maximum atomic E-state index is 13.0. The zero-order valence-electron chi connectivity index (χ0n) is 18.3. The van der Waals surface area contributed by atoms with Gasteiger partial charge in [0.1, 0.15) is 6.10 Å². The molecule has 0 aliphatic carbocycles. The summed E-state index contributed by atoms with van der Waals surface area (Å²) in [5.74, 6) is -0.0530. The van der Waals surface area contributed by atoms with Crippen molar-refractivity contribution in [3.05, 3.63) is 41.3 Å². The van der Waals surface area contributed by atoms with E-state index in [1.807, 2.05) is 35.2 Å². The highest BCUT2D eigenvalue weighted by Crippen LogP contribution is 2.24. The normalized spacial score (nSPS) is 23.7. The van der Waals surface area contributed by atoms with Crippen LogP contribution in [-0.4, -0.2) is 86.3 Å². The number of piperidine rings is 1. The van der Waals surface area contributed by atoms with Crippen molar-refractivity contribution in [2.45, 2.75) is 31.8 Å². The minimum atomic E-state index is -3.51. The maximum Gasteiger partial charge on any atom is 0.251 e. The molecular weight excluding hydrogens is 430 g/mol. The number of sulfonamides is 1. The third-order valence-corrected chi connectivity index (χ3v) is 8.07. The predicted octanol–water partition coefficient (Wildman–Crippen LogP) is 1.55. The highest BCUT2D eigenvalue weighted by Gasteiger charge is 2.35. The molecule has 1 atom stereocenters. The first kappa shape index (κ1) is 22.9. The van der Waals surface area contributed by atoms with Gasteiger partial charge in [-0.3, -0.25) is 9.59 Å². The average Bonchev–Trinajstić information content (AvgIpc) is 3.38. The number of rotatable bonds is 5. The smallest absolute Gasteiger partial charge is 0.251 e. The fourth-order valence-corrected chi connectivity index (χ4v) is 5.77. The Hall–Kier alpha value is -2.23. The minimum absolute atomic E-state index is 0.0386. The van der Waals surface area contributed by atoms with Crippen LogP contribution in [0.15, 0.2) is 35.7 Å². The second-order valence-corrected chi connectivity index (χ2v) is 10.4. The molecule has 0 spiro atoms. The number of benzene rings is 1. The summed E-state index contributed by atoms with van der Waals surface area (Å²) in [4.78, 5) is 29.1. The van der Waals surface area contributed by atoms with E-state index in [1.165, 1.54) is 9.71 Å². The Morgan fingerprint density at radius 1 is 0.875 bits per heavy atom. The molecule has 0 bridgehead atoms. The SMILES string of the molecule is O=C(C1CCN(S(=O)(=O)/C=C/c2ccccc2)CC1)N1CCN(C(=O)C2CCCO2)CC1. The van der Waals surface area contributed by atoms with Gasteiger partial charge in [0.25, 0.3) is 5.91 Å². The molecule has 8 nitrogen and oxygen atoms in total. The number of hydrogen-bond donors (Lipinski definition) is 0. The summed E-state index contributed by atoms with van der Waals surface area (Å²) in [5, 5.41) is 1.24. The second-order valence-electron chi connectivity index (χ2n) is 8.58. The number of carbonyl (C=O) groups excluding carboxylic acids is 2. The Labute approximate surface area is 189 Å². The molecule has 1 aromatic carbocycles. The molecule has 3 fully saturated rings. The van der Waals surface area contributed by atoms with Gasteiger partial charge in [-0.05, 0) is 37.3 Å². The molecule has 1 unspecified atom stereocenters. The molecule has 174 valence electrons. The largest absolute Gasteiger partial charge is 0.368 e. The van der Waals surface area contributed by atoms with Crippen molar-refractivity contribution in [2.24, 2.45) is 5.92 Å². The molecule has 3 heterocycles. The quantitative estimate of drug-likeness (QED) is 0.664. The topological polar surface area (TPSA) is 87.2 Å². The van der Waals surface area contributed by atoms with Crippen LogP contribution in [0.3, 0.4) is 0 Å². The molecule has 0 aromatic heterocycles. The van der Waals surface area contributed by atoms with Crippen molar-refractivity contribution in [2.75, 3.05) is 45.9 Å². The van der Waals surface area contributed by atoms with E-state index < -0.39 is 10.0 Å². The van der Waals surface area contributed by atoms with Crippen LogP contribution in [0.2, 0.25) is 0 Å². The highest BCUT2D eigenvalue weighted by atomic mass is 32.2. The van der Waals surface area contributed by atoms with Gasteiger partial charge in [-0.25, -0.2) is 8.42 Å². The third-order valence-electron chi connectivity index (χ3n) is 6.50. The zero-order valence-corrected chi connectivity index (χ0v) is 19.1. The highest BCUT2D eigenvalue weighted by molar-refractivity contribution is 7.92. The van der Waals surface area contributed by atoms with E-state index in [4.69, 9.17) is 4.74 Å². The molecule has 2 amide bonds. The molecule has 3 saturated heterocycles. The van der Waals surface area contributed by atoms with E-state index in [2.05, 4.69) is 0 Å². The van der Waals surface area contributed by atoms with Gasteiger partial charge in [0, 0.05) is 57.2 Å². The van der Waals surface area contributed by atoms with E-state index in [9.17, 15) is 18.0 Å². The lowest BCUT2D eigenvalue weighted by molar-refractivity contribution is -0.147. The third kappa shape index (κ3) is 5.39. The van der Waals surface area contributed by atoms with E-state index in [0.29, 0.717) is 58.7 Å². The summed E-state index contributed by atoms with van der Waals surface area (Å²) >= 11 is 0. The molecule has 1 aromatic rings. The number of ether oxygens (including phenoxy) is 1. The van der Waals surface area contributed by atoms with Crippen LogP contribution in [0.25, 0.3) is 6.08 Å². The first-order valence-electron chi connectivity index (χ1n) is 11.4. The number of nitrogens with zero attached hydrogens (tertiary/aromatic N) is 3. The summed E-state index contributed by atoms with van der Waals surface area (Å²) in [6, 6.07) is 9.31. The van der Waals surface area contributed by atoms with Gasteiger partial charge < -0.3 is 14.5 Å². The number of amides is 2. The fourth-order valence-electron chi connectivity index (χ4n) is 4.55. The lowest BCUT2D eigenvalue weighted by Crippen LogP contribution is -2.54. The maximum absolute atomic E-state index is 13.0. The van der Waals surface area contributed by atoms with E-state index in [0.717, 1.165) is 18.4 Å². The van der Waals surface area contributed by atoms with Crippen LogP contribution < -0.4 is 0 Å². The monoisotopic (exact) mass is 461 g/mol. The first-order valence-corrected chi connectivity index (χ1v) is 12.9. The van der Waals surface area contributed by atoms with Crippen molar-refractivity contribution in [3.8, 4) is 0 Å². The molecule has 9 heteroatoms. The van der Waals surface area contributed by atoms with Gasteiger partial charge in [0.15, 0.2) is 0 Å². The van der Waals surface area contributed by atoms with Gasteiger partial charge in [-0.2, -0.15) is 4.31 Å². The number of hydrogen-bond acceptors (Lipinski definition) is 5. The standard InChI is InChI=1S/C23H31N3O5S/c27-22(24-13-15-25(16-14-24)23(28)21-7-4-17-31-21)20-8-11-26(12-9-20)32(29,30)18-10-19-5-2-1-3-6-19/h1-3,5-6,10,18,20-21H,4,7-9,11-17H2/b18-10+. The van der Waals surface area contributed by atoms with Crippen molar-refractivity contribution >= 4 is 27.9 Å². The first-order chi connectivity index (χ1) is 15.4. The molecule has 4 rings (SSSR count).